The molecule has 1 saturated heterocycles. The second kappa shape index (κ2) is 10.0. The molecule has 7 nitrogen and oxygen atoms in total. The number of carbonyl (C=O) groups is 1. The lowest BCUT2D eigenvalue weighted by Crippen LogP contribution is -2.50. The molecule has 2 atom stereocenters. The lowest BCUT2D eigenvalue weighted by atomic mass is 9.78. The van der Waals surface area contributed by atoms with E-state index in [0.717, 1.165) is 47.4 Å². The van der Waals surface area contributed by atoms with Gasteiger partial charge in [-0.05, 0) is 55.9 Å². The first-order chi connectivity index (χ1) is 16.2. The number of rotatable bonds is 7. The monoisotopic (exact) mass is 466 g/mol. The maximum atomic E-state index is 13.2. The maximum absolute atomic E-state index is 13.2. The molecular weight excluding hydrogens is 436 g/mol. The standard InChI is InChI=1S/C25H30N4O3S/c1-31-20-10-4-8-19(15-20)24-26-27-25(29(24)16-21-11-6-14-32-21)33-17-23(30)28-13-5-9-18-7-2-3-12-22(18)28/h4,6,8,10-11,14-15,18,22H,2-3,5,7,9,12-13,16-17H2,1H3/t18-,22-/m0/s1. The highest BCUT2D eigenvalue weighted by Gasteiger charge is 2.35. The molecule has 0 N–H and O–H groups in total. The van der Waals surface area contributed by atoms with Gasteiger partial charge in [0.05, 0.1) is 25.7 Å². The third-order valence-electron chi connectivity index (χ3n) is 6.83. The van der Waals surface area contributed by atoms with Crippen molar-refractivity contribution in [3.8, 4) is 17.1 Å². The Morgan fingerprint density at radius 1 is 1.15 bits per heavy atom. The summed E-state index contributed by atoms with van der Waals surface area (Å²) in [5, 5.41) is 9.64. The average Bonchev–Trinajstić information content (AvgIpc) is 3.52. The number of fused-ring (bicyclic) bond motifs is 1. The average molecular weight is 467 g/mol. The number of benzene rings is 1. The number of methoxy groups -OCH3 is 1. The van der Waals surface area contributed by atoms with E-state index in [1.54, 1.807) is 13.4 Å². The lowest BCUT2D eigenvalue weighted by Gasteiger charge is -2.44. The number of amides is 1. The first-order valence-electron chi connectivity index (χ1n) is 11.7. The minimum atomic E-state index is 0.215. The van der Waals surface area contributed by atoms with Gasteiger partial charge < -0.3 is 14.1 Å². The maximum Gasteiger partial charge on any atom is 0.233 e. The van der Waals surface area contributed by atoms with Crippen LogP contribution in [0, 0.1) is 5.92 Å². The Morgan fingerprint density at radius 3 is 2.88 bits per heavy atom. The number of nitrogens with zero attached hydrogens (tertiary/aromatic N) is 4. The minimum absolute atomic E-state index is 0.215. The molecule has 0 bridgehead atoms. The molecule has 1 aliphatic carbocycles. The Kier molecular flexibility index (Phi) is 6.71. The Hall–Kier alpha value is -2.74. The molecule has 8 heteroatoms. The molecule has 0 unspecified atom stereocenters. The number of carbonyl (C=O) groups excluding carboxylic acids is 1. The van der Waals surface area contributed by atoms with Gasteiger partial charge in [-0.15, -0.1) is 10.2 Å². The van der Waals surface area contributed by atoms with Gasteiger partial charge in [0.15, 0.2) is 11.0 Å². The van der Waals surface area contributed by atoms with E-state index in [4.69, 9.17) is 9.15 Å². The van der Waals surface area contributed by atoms with E-state index >= 15 is 0 Å². The Bertz CT molecular complexity index is 1080. The van der Waals surface area contributed by atoms with Crippen molar-refractivity contribution < 1.29 is 13.9 Å². The normalized spacial score (nSPS) is 20.5. The fourth-order valence-electron chi connectivity index (χ4n) is 5.22. The van der Waals surface area contributed by atoms with Gasteiger partial charge in [0, 0.05) is 18.2 Å². The lowest BCUT2D eigenvalue weighted by molar-refractivity contribution is -0.134. The van der Waals surface area contributed by atoms with Crippen LogP contribution in [-0.2, 0) is 11.3 Å². The smallest absolute Gasteiger partial charge is 0.233 e. The van der Waals surface area contributed by atoms with Gasteiger partial charge >= 0.3 is 0 Å². The fraction of sp³-hybridized carbons (Fsp3) is 0.480. The Morgan fingerprint density at radius 2 is 2.03 bits per heavy atom. The molecule has 0 spiro atoms. The van der Waals surface area contributed by atoms with Crippen LogP contribution in [0.2, 0.25) is 0 Å². The van der Waals surface area contributed by atoms with E-state index in [1.807, 2.05) is 41.0 Å². The van der Waals surface area contributed by atoms with Crippen LogP contribution in [0.1, 0.15) is 44.3 Å². The predicted octanol–water partition coefficient (Wildman–Crippen LogP) is 4.87. The third-order valence-corrected chi connectivity index (χ3v) is 7.78. The van der Waals surface area contributed by atoms with Crippen LogP contribution in [0.15, 0.2) is 52.2 Å². The van der Waals surface area contributed by atoms with Crippen LogP contribution >= 0.6 is 11.8 Å². The molecule has 0 radical (unpaired) electrons. The van der Waals surface area contributed by atoms with E-state index in [0.29, 0.717) is 24.3 Å². The van der Waals surface area contributed by atoms with E-state index in [9.17, 15) is 4.79 Å². The molecule has 3 heterocycles. The van der Waals surface area contributed by atoms with Gasteiger partial charge in [-0.1, -0.05) is 36.7 Å². The minimum Gasteiger partial charge on any atom is -0.497 e. The second-order valence-electron chi connectivity index (χ2n) is 8.83. The van der Waals surface area contributed by atoms with Crippen molar-refractivity contribution in [2.45, 2.75) is 56.3 Å². The summed E-state index contributed by atoms with van der Waals surface area (Å²) in [5.41, 5.74) is 0.910. The van der Waals surface area contributed by atoms with Gasteiger partial charge in [-0.2, -0.15) is 0 Å². The first-order valence-corrected chi connectivity index (χ1v) is 12.7. The van der Waals surface area contributed by atoms with Crippen molar-refractivity contribution in [1.29, 1.82) is 0 Å². The quantitative estimate of drug-likeness (QED) is 0.463. The summed E-state index contributed by atoms with van der Waals surface area (Å²) in [6.45, 7) is 1.38. The first kappa shape index (κ1) is 22.1. The molecule has 174 valence electrons. The Balaban J connectivity index is 1.36. The van der Waals surface area contributed by atoms with Gasteiger partial charge in [0.2, 0.25) is 5.91 Å². The van der Waals surface area contributed by atoms with E-state index in [2.05, 4.69) is 15.1 Å². The SMILES string of the molecule is COc1cccc(-c2nnc(SCC(=O)N3CCC[C@@H]4CCCC[C@@H]43)n2Cc2ccco2)c1. The number of piperidine rings is 1. The zero-order chi connectivity index (χ0) is 22.6. The van der Waals surface area contributed by atoms with Crippen LogP contribution in [0.4, 0.5) is 0 Å². The van der Waals surface area contributed by atoms with Crippen LogP contribution in [-0.4, -0.2) is 51.0 Å². The highest BCUT2D eigenvalue weighted by Crippen LogP contribution is 2.36. The van der Waals surface area contributed by atoms with Crippen LogP contribution in [0.25, 0.3) is 11.4 Å². The third kappa shape index (κ3) is 4.81. The van der Waals surface area contributed by atoms with Gasteiger partial charge in [0.25, 0.3) is 0 Å². The van der Waals surface area contributed by atoms with Crippen molar-refractivity contribution in [3.05, 3.63) is 48.4 Å². The zero-order valence-electron chi connectivity index (χ0n) is 19.0. The van der Waals surface area contributed by atoms with E-state index in [-0.39, 0.29) is 5.91 Å². The van der Waals surface area contributed by atoms with Crippen molar-refractivity contribution in [2.75, 3.05) is 19.4 Å². The van der Waals surface area contributed by atoms with Crippen molar-refractivity contribution in [3.63, 3.8) is 0 Å². The van der Waals surface area contributed by atoms with Gasteiger partial charge in [-0.25, -0.2) is 0 Å². The topological polar surface area (TPSA) is 73.4 Å². The number of aromatic nitrogens is 3. The highest BCUT2D eigenvalue weighted by molar-refractivity contribution is 7.99. The summed E-state index contributed by atoms with van der Waals surface area (Å²) in [6.07, 6.45) is 9.01. The summed E-state index contributed by atoms with van der Waals surface area (Å²) in [7, 11) is 1.65. The van der Waals surface area contributed by atoms with E-state index < -0.39 is 0 Å². The molecule has 1 saturated carbocycles. The molecule has 33 heavy (non-hydrogen) atoms. The van der Waals surface area contributed by atoms with Gasteiger partial charge in [0.1, 0.15) is 11.5 Å². The molecule has 5 rings (SSSR count). The fourth-order valence-corrected chi connectivity index (χ4v) is 6.04. The number of ether oxygens (including phenoxy) is 1. The molecule has 3 aromatic rings. The molecule has 1 aliphatic heterocycles. The van der Waals surface area contributed by atoms with Crippen LogP contribution in [0.5, 0.6) is 5.75 Å². The summed E-state index contributed by atoms with van der Waals surface area (Å²) in [4.78, 5) is 15.4. The molecular formula is C25H30N4O3S. The molecule has 2 aliphatic rings. The van der Waals surface area contributed by atoms with Gasteiger partial charge in [-0.3, -0.25) is 9.36 Å². The van der Waals surface area contributed by atoms with Crippen LogP contribution < -0.4 is 4.74 Å². The Labute approximate surface area is 198 Å². The zero-order valence-corrected chi connectivity index (χ0v) is 19.8. The number of furan rings is 1. The highest BCUT2D eigenvalue weighted by atomic mass is 32.2. The molecule has 2 aromatic heterocycles. The van der Waals surface area contributed by atoms with Crippen LogP contribution in [0.3, 0.4) is 0 Å². The number of thioether (sulfide) groups is 1. The second-order valence-corrected chi connectivity index (χ2v) is 9.78. The molecule has 2 fully saturated rings. The number of likely N-dealkylation sites (tertiary alicyclic amines) is 1. The summed E-state index contributed by atoms with van der Waals surface area (Å²) in [6, 6.07) is 12.0. The predicted molar refractivity (Wildman–Crippen MR) is 127 cm³/mol. The number of hydrogen-bond acceptors (Lipinski definition) is 6. The van der Waals surface area contributed by atoms with Crippen molar-refractivity contribution >= 4 is 17.7 Å². The summed E-state index contributed by atoms with van der Waals surface area (Å²) >= 11 is 1.46. The van der Waals surface area contributed by atoms with Crippen molar-refractivity contribution in [1.82, 2.24) is 19.7 Å². The molecule has 1 aromatic carbocycles. The van der Waals surface area contributed by atoms with Crippen molar-refractivity contribution in [2.24, 2.45) is 5.92 Å². The largest absolute Gasteiger partial charge is 0.497 e. The molecule has 1 amide bonds. The summed E-state index contributed by atoms with van der Waals surface area (Å²) in [5.74, 6) is 3.57. The summed E-state index contributed by atoms with van der Waals surface area (Å²) < 4.78 is 13.0. The van der Waals surface area contributed by atoms with E-state index in [1.165, 1.54) is 37.4 Å². The number of hydrogen-bond donors (Lipinski definition) is 0.